The molecule has 0 saturated carbocycles. The van der Waals surface area contributed by atoms with Crippen molar-refractivity contribution >= 4 is 0 Å². The lowest BCUT2D eigenvalue weighted by atomic mass is 9.86. The molecule has 2 aliphatic carbocycles. The van der Waals surface area contributed by atoms with Gasteiger partial charge in [-0.1, -0.05) is 48.8 Å². The molecule has 0 aliphatic heterocycles. The minimum atomic E-state index is 0.283. The van der Waals surface area contributed by atoms with E-state index in [0.29, 0.717) is 5.92 Å². The van der Waals surface area contributed by atoms with E-state index in [-0.39, 0.29) is 6.04 Å². The third-order valence-electron chi connectivity index (χ3n) is 4.84. The molecular formula is C18H25N. The summed E-state index contributed by atoms with van der Waals surface area (Å²) >= 11 is 0. The summed E-state index contributed by atoms with van der Waals surface area (Å²) in [6.07, 6.45) is 12.7. The minimum absolute atomic E-state index is 0.283. The minimum Gasteiger partial charge on any atom is -0.324 e. The first kappa shape index (κ1) is 12.9. The Morgan fingerprint density at radius 3 is 2.37 bits per heavy atom. The summed E-state index contributed by atoms with van der Waals surface area (Å²) in [4.78, 5) is 0. The highest BCUT2D eigenvalue weighted by Gasteiger charge is 2.28. The predicted molar refractivity (Wildman–Crippen MR) is 81.1 cm³/mol. The summed E-state index contributed by atoms with van der Waals surface area (Å²) in [6, 6.07) is 9.14. The van der Waals surface area contributed by atoms with Gasteiger partial charge in [0, 0.05) is 6.04 Å². The fourth-order valence-corrected chi connectivity index (χ4v) is 3.67. The zero-order valence-corrected chi connectivity index (χ0v) is 11.8. The number of hydrogen-bond donors (Lipinski definition) is 1. The van der Waals surface area contributed by atoms with Crippen LogP contribution in [0.25, 0.3) is 0 Å². The molecule has 0 radical (unpaired) electrons. The van der Waals surface area contributed by atoms with Gasteiger partial charge in [0.2, 0.25) is 0 Å². The third-order valence-corrected chi connectivity index (χ3v) is 4.84. The van der Waals surface area contributed by atoms with Gasteiger partial charge in [-0.15, -0.1) is 0 Å². The average molecular weight is 255 g/mol. The Balaban J connectivity index is 1.70. The van der Waals surface area contributed by atoms with Gasteiger partial charge in [-0.3, -0.25) is 0 Å². The molecule has 0 aromatic heterocycles. The second-order valence-corrected chi connectivity index (χ2v) is 6.19. The summed E-state index contributed by atoms with van der Waals surface area (Å²) in [7, 11) is 0. The molecule has 102 valence electrons. The van der Waals surface area contributed by atoms with Crippen LogP contribution >= 0.6 is 0 Å². The summed E-state index contributed by atoms with van der Waals surface area (Å²) in [6.45, 7) is 0. The highest BCUT2D eigenvalue weighted by Crippen LogP contribution is 2.32. The number of rotatable bonds is 2. The number of hydrogen-bond acceptors (Lipinski definition) is 1. The normalized spacial score (nSPS) is 25.0. The molecule has 2 aliphatic rings. The monoisotopic (exact) mass is 255 g/mol. The Hall–Kier alpha value is -1.08. The van der Waals surface area contributed by atoms with E-state index < -0.39 is 0 Å². The van der Waals surface area contributed by atoms with Crippen molar-refractivity contribution in [1.29, 1.82) is 0 Å². The molecule has 0 spiro atoms. The van der Waals surface area contributed by atoms with Crippen LogP contribution in [-0.2, 0) is 12.8 Å². The Kier molecular flexibility index (Phi) is 4.03. The van der Waals surface area contributed by atoms with E-state index >= 15 is 0 Å². The van der Waals surface area contributed by atoms with Crippen molar-refractivity contribution in [1.82, 2.24) is 0 Å². The maximum Gasteiger partial charge on any atom is 0.0288 e. The zero-order valence-electron chi connectivity index (χ0n) is 11.8. The molecule has 1 aromatic carbocycles. The third kappa shape index (κ3) is 2.92. The molecule has 1 aromatic rings. The van der Waals surface area contributed by atoms with Crippen molar-refractivity contribution in [3.63, 3.8) is 0 Å². The fourth-order valence-electron chi connectivity index (χ4n) is 3.67. The average Bonchev–Trinajstić information content (AvgIpc) is 2.81. The Morgan fingerprint density at radius 2 is 1.63 bits per heavy atom. The second-order valence-electron chi connectivity index (χ2n) is 6.19. The maximum atomic E-state index is 6.59. The quantitative estimate of drug-likeness (QED) is 0.794. The predicted octanol–water partition coefficient (Wildman–Crippen LogP) is 4.01. The van der Waals surface area contributed by atoms with Gasteiger partial charge in [0.25, 0.3) is 0 Å². The smallest absolute Gasteiger partial charge is 0.0288 e. The molecule has 0 heterocycles. The van der Waals surface area contributed by atoms with Crippen molar-refractivity contribution < 1.29 is 0 Å². The van der Waals surface area contributed by atoms with Crippen LogP contribution in [0.15, 0.2) is 35.9 Å². The van der Waals surface area contributed by atoms with Crippen LogP contribution in [0.4, 0.5) is 0 Å². The summed E-state index contributed by atoms with van der Waals surface area (Å²) in [5.41, 5.74) is 11.2. The first-order valence-electron chi connectivity index (χ1n) is 7.86. The first-order chi connectivity index (χ1) is 9.34. The van der Waals surface area contributed by atoms with Crippen LogP contribution in [0.3, 0.4) is 0 Å². The van der Waals surface area contributed by atoms with Gasteiger partial charge in [0.05, 0.1) is 0 Å². The highest BCUT2D eigenvalue weighted by atomic mass is 14.7. The van der Waals surface area contributed by atoms with Crippen LogP contribution in [0.1, 0.15) is 49.7 Å². The molecule has 0 fully saturated rings. The second kappa shape index (κ2) is 5.92. The number of benzene rings is 1. The zero-order chi connectivity index (χ0) is 13.1. The molecule has 19 heavy (non-hydrogen) atoms. The van der Waals surface area contributed by atoms with Gasteiger partial charge >= 0.3 is 0 Å². The van der Waals surface area contributed by atoms with Gasteiger partial charge < -0.3 is 5.73 Å². The molecule has 0 bridgehead atoms. The van der Waals surface area contributed by atoms with Gasteiger partial charge in [-0.25, -0.2) is 0 Å². The molecule has 1 nitrogen and oxygen atoms in total. The number of allylic oxidation sites excluding steroid dienone is 1. The van der Waals surface area contributed by atoms with E-state index in [2.05, 4.69) is 30.3 Å². The van der Waals surface area contributed by atoms with Gasteiger partial charge in [-0.2, -0.15) is 0 Å². The van der Waals surface area contributed by atoms with Crippen molar-refractivity contribution in [3.8, 4) is 0 Å². The van der Waals surface area contributed by atoms with Crippen molar-refractivity contribution in [3.05, 3.63) is 47.0 Å². The van der Waals surface area contributed by atoms with Crippen molar-refractivity contribution in [2.45, 2.75) is 57.4 Å². The lowest BCUT2D eigenvalue weighted by molar-refractivity contribution is 0.463. The Bertz CT molecular complexity index is 436. The summed E-state index contributed by atoms with van der Waals surface area (Å²) in [5, 5.41) is 0. The summed E-state index contributed by atoms with van der Waals surface area (Å²) in [5.74, 6) is 0.628. The number of nitrogens with two attached hydrogens (primary N) is 1. The van der Waals surface area contributed by atoms with E-state index in [1.165, 1.54) is 68.1 Å². The maximum absolute atomic E-state index is 6.59. The molecule has 1 atom stereocenters. The van der Waals surface area contributed by atoms with E-state index in [9.17, 15) is 0 Å². The standard InChI is InChI=1S/C18H25N/c19-18(14-8-4-2-1-3-5-9-14)17-12-15-10-6-7-11-16(15)13-17/h6-8,10-11,17-18H,1-5,9,12-13,19H2/b14-8+. The van der Waals surface area contributed by atoms with Crippen LogP contribution in [-0.4, -0.2) is 6.04 Å². The number of fused-ring (bicyclic) bond motifs is 1. The summed E-state index contributed by atoms with van der Waals surface area (Å²) < 4.78 is 0. The highest BCUT2D eigenvalue weighted by molar-refractivity contribution is 5.34. The van der Waals surface area contributed by atoms with E-state index in [1.54, 1.807) is 0 Å². The van der Waals surface area contributed by atoms with Crippen LogP contribution in [0, 0.1) is 5.92 Å². The lowest BCUT2D eigenvalue weighted by Gasteiger charge is -2.23. The Morgan fingerprint density at radius 1 is 0.947 bits per heavy atom. The molecule has 1 heteroatoms. The molecule has 0 amide bonds. The molecule has 2 N–H and O–H groups in total. The van der Waals surface area contributed by atoms with Crippen LogP contribution in [0.2, 0.25) is 0 Å². The van der Waals surface area contributed by atoms with Gasteiger partial charge in [0.15, 0.2) is 0 Å². The molecule has 1 unspecified atom stereocenters. The van der Waals surface area contributed by atoms with Crippen LogP contribution < -0.4 is 5.73 Å². The molecule has 0 saturated heterocycles. The molecule has 3 rings (SSSR count). The fraction of sp³-hybridized carbons (Fsp3) is 0.556. The van der Waals surface area contributed by atoms with Gasteiger partial charge in [-0.05, 0) is 55.6 Å². The van der Waals surface area contributed by atoms with Crippen LogP contribution in [0.5, 0.6) is 0 Å². The van der Waals surface area contributed by atoms with Gasteiger partial charge in [0.1, 0.15) is 0 Å². The first-order valence-corrected chi connectivity index (χ1v) is 7.86. The van der Waals surface area contributed by atoms with Crippen molar-refractivity contribution in [2.75, 3.05) is 0 Å². The van der Waals surface area contributed by atoms with E-state index in [0.717, 1.165) is 0 Å². The van der Waals surface area contributed by atoms with E-state index in [1.807, 2.05) is 0 Å². The SMILES string of the molecule is NC(/C1=C/CCCCCC1)C1Cc2ccccc2C1. The molecular weight excluding hydrogens is 230 g/mol. The Labute approximate surface area is 116 Å². The van der Waals surface area contributed by atoms with E-state index in [4.69, 9.17) is 5.73 Å². The van der Waals surface area contributed by atoms with Crippen molar-refractivity contribution in [2.24, 2.45) is 11.7 Å². The topological polar surface area (TPSA) is 26.0 Å². The largest absolute Gasteiger partial charge is 0.324 e. The lowest BCUT2D eigenvalue weighted by Crippen LogP contribution is -2.33.